The fourth-order valence-corrected chi connectivity index (χ4v) is 3.36. The van der Waals surface area contributed by atoms with Crippen molar-refractivity contribution in [3.05, 3.63) is 96.1 Å². The van der Waals surface area contributed by atoms with Crippen molar-refractivity contribution in [2.45, 2.75) is 13.1 Å². The van der Waals surface area contributed by atoms with Crippen LogP contribution in [-0.2, 0) is 17.8 Å². The highest BCUT2D eigenvalue weighted by atomic mass is 16.5. The Morgan fingerprint density at radius 2 is 1.70 bits per heavy atom. The van der Waals surface area contributed by atoms with Crippen molar-refractivity contribution in [3.63, 3.8) is 0 Å². The number of carbonyl (C=O) groups excluding carboxylic acids is 1. The molecule has 152 valence electrons. The highest BCUT2D eigenvalue weighted by Crippen LogP contribution is 2.25. The minimum absolute atomic E-state index is 0.211. The van der Waals surface area contributed by atoms with E-state index in [2.05, 4.69) is 23.2 Å². The van der Waals surface area contributed by atoms with E-state index in [0.29, 0.717) is 18.8 Å². The Hall–Kier alpha value is -3.64. The third-order valence-electron chi connectivity index (χ3n) is 4.77. The van der Waals surface area contributed by atoms with Gasteiger partial charge in [0.15, 0.2) is 0 Å². The lowest BCUT2D eigenvalue weighted by atomic mass is 10.1. The predicted octanol–water partition coefficient (Wildman–Crippen LogP) is 4.55. The van der Waals surface area contributed by atoms with E-state index in [1.165, 1.54) is 7.11 Å². The summed E-state index contributed by atoms with van der Waals surface area (Å²) in [6.45, 7) is 1.23. The molecule has 0 saturated heterocycles. The van der Waals surface area contributed by atoms with Gasteiger partial charge in [0.2, 0.25) is 5.76 Å². The van der Waals surface area contributed by atoms with Crippen molar-refractivity contribution in [2.75, 3.05) is 14.2 Å². The number of furan rings is 1. The van der Waals surface area contributed by atoms with Crippen LogP contribution in [0, 0.1) is 0 Å². The largest absolute Gasteiger partial charge is 0.463 e. The molecule has 2 aromatic carbocycles. The number of nitrogens with zero attached hydrogens (tertiary/aromatic N) is 3. The zero-order chi connectivity index (χ0) is 20.9. The molecule has 0 aliphatic carbocycles. The number of aromatic nitrogens is 2. The maximum atomic E-state index is 11.6. The van der Waals surface area contributed by atoms with Gasteiger partial charge in [0.05, 0.1) is 25.0 Å². The standard InChI is InChI=1S/C24H23N3O3/c1-26(17-21-13-14-22(30-21)24(28)29-2)15-19-16-27(20-11-7-4-8-12-20)25-23(19)18-9-5-3-6-10-18/h3-14,16H,15,17H2,1-2H3. The van der Waals surface area contributed by atoms with Gasteiger partial charge in [-0.05, 0) is 31.3 Å². The Bertz CT molecular complexity index is 1120. The lowest BCUT2D eigenvalue weighted by molar-refractivity contribution is 0.0561. The minimum Gasteiger partial charge on any atom is -0.463 e. The van der Waals surface area contributed by atoms with Crippen molar-refractivity contribution in [1.29, 1.82) is 0 Å². The van der Waals surface area contributed by atoms with E-state index in [1.54, 1.807) is 12.1 Å². The molecule has 0 amide bonds. The molecule has 0 bridgehead atoms. The molecular weight excluding hydrogens is 378 g/mol. The zero-order valence-electron chi connectivity index (χ0n) is 17.0. The van der Waals surface area contributed by atoms with Crippen LogP contribution in [0.4, 0.5) is 0 Å². The van der Waals surface area contributed by atoms with Gasteiger partial charge < -0.3 is 9.15 Å². The highest BCUT2D eigenvalue weighted by Gasteiger charge is 2.16. The molecule has 0 fully saturated rings. The second kappa shape index (κ2) is 8.80. The van der Waals surface area contributed by atoms with Crippen molar-refractivity contribution in [2.24, 2.45) is 0 Å². The summed E-state index contributed by atoms with van der Waals surface area (Å²) in [5, 5.41) is 4.85. The summed E-state index contributed by atoms with van der Waals surface area (Å²) in [6.07, 6.45) is 2.07. The molecule has 4 aromatic rings. The van der Waals surface area contributed by atoms with Crippen LogP contribution in [0.15, 0.2) is 83.4 Å². The monoisotopic (exact) mass is 401 g/mol. The minimum atomic E-state index is -0.473. The fraction of sp³-hybridized carbons (Fsp3) is 0.167. The van der Waals surface area contributed by atoms with E-state index in [-0.39, 0.29) is 5.76 Å². The first-order valence-corrected chi connectivity index (χ1v) is 9.69. The van der Waals surface area contributed by atoms with E-state index >= 15 is 0 Å². The molecular formula is C24H23N3O3. The van der Waals surface area contributed by atoms with Crippen molar-refractivity contribution in [3.8, 4) is 16.9 Å². The first-order valence-electron chi connectivity index (χ1n) is 9.69. The molecule has 2 heterocycles. The van der Waals surface area contributed by atoms with E-state index in [9.17, 15) is 4.79 Å². The highest BCUT2D eigenvalue weighted by molar-refractivity contribution is 5.86. The van der Waals surface area contributed by atoms with Gasteiger partial charge in [0.1, 0.15) is 5.76 Å². The average Bonchev–Trinajstić information content (AvgIpc) is 3.42. The molecule has 4 rings (SSSR count). The van der Waals surface area contributed by atoms with Crippen molar-refractivity contribution < 1.29 is 13.9 Å². The predicted molar refractivity (Wildman–Crippen MR) is 114 cm³/mol. The van der Waals surface area contributed by atoms with Crippen LogP contribution in [0.25, 0.3) is 16.9 Å². The molecule has 0 aliphatic rings. The molecule has 2 aromatic heterocycles. The topological polar surface area (TPSA) is 60.5 Å². The molecule has 0 radical (unpaired) electrons. The van der Waals surface area contributed by atoms with Gasteiger partial charge in [-0.25, -0.2) is 9.48 Å². The number of hydrogen-bond acceptors (Lipinski definition) is 5. The summed E-state index contributed by atoms with van der Waals surface area (Å²) in [5.41, 5.74) is 4.13. The number of esters is 1. The van der Waals surface area contributed by atoms with Gasteiger partial charge in [0, 0.05) is 23.9 Å². The first-order chi connectivity index (χ1) is 14.6. The number of ether oxygens (including phenoxy) is 1. The van der Waals surface area contributed by atoms with Gasteiger partial charge in [-0.2, -0.15) is 5.10 Å². The molecule has 30 heavy (non-hydrogen) atoms. The molecule has 0 N–H and O–H groups in total. The van der Waals surface area contributed by atoms with Crippen LogP contribution in [0.2, 0.25) is 0 Å². The number of para-hydroxylation sites is 1. The Balaban J connectivity index is 1.58. The Morgan fingerprint density at radius 3 is 2.40 bits per heavy atom. The molecule has 0 spiro atoms. The molecule has 6 heteroatoms. The number of methoxy groups -OCH3 is 1. The molecule has 0 atom stereocenters. The van der Waals surface area contributed by atoms with Crippen molar-refractivity contribution >= 4 is 5.97 Å². The summed E-state index contributed by atoms with van der Waals surface area (Å²) in [6, 6.07) is 23.7. The van der Waals surface area contributed by atoms with Gasteiger partial charge in [-0.15, -0.1) is 0 Å². The van der Waals surface area contributed by atoms with E-state index in [1.807, 2.05) is 60.3 Å². The van der Waals surface area contributed by atoms with Gasteiger partial charge in [0.25, 0.3) is 0 Å². The number of rotatable bonds is 7. The quantitative estimate of drug-likeness (QED) is 0.425. The summed E-state index contributed by atoms with van der Waals surface area (Å²) in [5.74, 6) is 0.441. The van der Waals surface area contributed by atoms with Crippen LogP contribution in [0.1, 0.15) is 21.9 Å². The zero-order valence-corrected chi connectivity index (χ0v) is 17.0. The van der Waals surface area contributed by atoms with Crippen LogP contribution in [0.3, 0.4) is 0 Å². The van der Waals surface area contributed by atoms with E-state index in [4.69, 9.17) is 14.3 Å². The summed E-state index contributed by atoms with van der Waals surface area (Å²) >= 11 is 0. The summed E-state index contributed by atoms with van der Waals surface area (Å²) < 4.78 is 12.2. The third kappa shape index (κ3) is 4.34. The maximum Gasteiger partial charge on any atom is 0.373 e. The molecule has 6 nitrogen and oxygen atoms in total. The average molecular weight is 401 g/mol. The van der Waals surface area contributed by atoms with E-state index < -0.39 is 5.97 Å². The summed E-state index contributed by atoms with van der Waals surface area (Å²) in [4.78, 5) is 13.7. The smallest absolute Gasteiger partial charge is 0.373 e. The number of benzene rings is 2. The lowest BCUT2D eigenvalue weighted by Gasteiger charge is -2.15. The Morgan fingerprint density at radius 1 is 1.00 bits per heavy atom. The molecule has 0 aliphatic heterocycles. The van der Waals surface area contributed by atoms with Crippen LogP contribution in [0.5, 0.6) is 0 Å². The van der Waals surface area contributed by atoms with Crippen LogP contribution >= 0.6 is 0 Å². The van der Waals surface area contributed by atoms with Gasteiger partial charge in [-0.1, -0.05) is 48.5 Å². The van der Waals surface area contributed by atoms with E-state index in [0.717, 1.165) is 22.5 Å². The van der Waals surface area contributed by atoms with Crippen LogP contribution in [-0.4, -0.2) is 34.8 Å². The molecule has 0 unspecified atom stereocenters. The lowest BCUT2D eigenvalue weighted by Crippen LogP contribution is -2.17. The molecule has 0 saturated carbocycles. The van der Waals surface area contributed by atoms with Crippen molar-refractivity contribution in [1.82, 2.24) is 14.7 Å². The van der Waals surface area contributed by atoms with Crippen LogP contribution < -0.4 is 0 Å². The summed E-state index contributed by atoms with van der Waals surface area (Å²) in [7, 11) is 3.35. The van der Waals surface area contributed by atoms with Gasteiger partial charge in [-0.3, -0.25) is 4.90 Å². The maximum absolute atomic E-state index is 11.6. The second-order valence-electron chi connectivity index (χ2n) is 7.08. The second-order valence-corrected chi connectivity index (χ2v) is 7.08. The normalized spacial score (nSPS) is 11.0. The first kappa shape index (κ1) is 19.7. The Kier molecular flexibility index (Phi) is 5.77. The van der Waals surface area contributed by atoms with Gasteiger partial charge >= 0.3 is 5.97 Å². The number of hydrogen-bond donors (Lipinski definition) is 0. The third-order valence-corrected chi connectivity index (χ3v) is 4.77. The Labute approximate surface area is 175 Å². The fourth-order valence-electron chi connectivity index (χ4n) is 3.36. The SMILES string of the molecule is COC(=O)c1ccc(CN(C)Cc2cn(-c3ccccc3)nc2-c2ccccc2)o1. The number of carbonyl (C=O) groups is 1.